The number of carbonyl (C=O) groups excluding carboxylic acids is 2. The van der Waals surface area contributed by atoms with E-state index in [0.717, 1.165) is 17.1 Å². The Morgan fingerprint density at radius 3 is 2.64 bits per heavy atom. The summed E-state index contributed by atoms with van der Waals surface area (Å²) in [5.74, 6) is -0.475. The summed E-state index contributed by atoms with van der Waals surface area (Å²) in [4.78, 5) is 24.1. The number of aryl methyl sites for hydroxylation is 2. The molecule has 0 fully saturated rings. The number of amides is 2. The Bertz CT molecular complexity index is 699. The highest BCUT2D eigenvalue weighted by Crippen LogP contribution is 2.21. The zero-order valence-corrected chi connectivity index (χ0v) is 13.3. The van der Waals surface area contributed by atoms with Crippen LogP contribution in [0.25, 0.3) is 0 Å². The lowest BCUT2D eigenvalue weighted by atomic mass is 10.1. The third kappa shape index (κ3) is 3.86. The second-order valence-electron chi connectivity index (χ2n) is 4.65. The zero-order chi connectivity index (χ0) is 16.1. The van der Waals surface area contributed by atoms with Gasteiger partial charge in [0.25, 0.3) is 5.91 Å². The standard InChI is InChI=1S/C14H16N4O3S/c1-8-6-10(4-5-11(8)16-12(19)7-21-3)15-14(20)13-9(2)17-18-22-13/h4-6H,7H2,1-3H3,(H,15,20)(H,16,19). The van der Waals surface area contributed by atoms with E-state index >= 15 is 0 Å². The molecule has 0 spiro atoms. The number of methoxy groups -OCH3 is 1. The Morgan fingerprint density at radius 1 is 1.27 bits per heavy atom. The van der Waals surface area contributed by atoms with E-state index in [1.54, 1.807) is 25.1 Å². The molecule has 0 aliphatic rings. The van der Waals surface area contributed by atoms with Crippen LogP contribution in [0, 0.1) is 13.8 Å². The smallest absolute Gasteiger partial charge is 0.269 e. The predicted molar refractivity (Wildman–Crippen MR) is 84.3 cm³/mol. The van der Waals surface area contributed by atoms with Crippen molar-refractivity contribution in [3.05, 3.63) is 34.3 Å². The van der Waals surface area contributed by atoms with Crippen LogP contribution in [0.4, 0.5) is 11.4 Å². The summed E-state index contributed by atoms with van der Waals surface area (Å²) in [7, 11) is 1.46. The molecule has 7 nitrogen and oxygen atoms in total. The van der Waals surface area contributed by atoms with Gasteiger partial charge in [0, 0.05) is 18.5 Å². The van der Waals surface area contributed by atoms with Crippen molar-refractivity contribution >= 4 is 34.7 Å². The molecule has 8 heteroatoms. The fourth-order valence-electron chi connectivity index (χ4n) is 1.83. The third-order valence-electron chi connectivity index (χ3n) is 2.89. The largest absolute Gasteiger partial charge is 0.375 e. The number of aromatic nitrogens is 2. The molecule has 2 aromatic rings. The topological polar surface area (TPSA) is 93.2 Å². The van der Waals surface area contributed by atoms with E-state index in [9.17, 15) is 9.59 Å². The molecule has 0 aliphatic heterocycles. The lowest BCUT2D eigenvalue weighted by Crippen LogP contribution is -2.18. The normalized spacial score (nSPS) is 10.3. The Labute approximate surface area is 131 Å². The molecule has 116 valence electrons. The average molecular weight is 320 g/mol. The molecule has 2 rings (SSSR count). The summed E-state index contributed by atoms with van der Waals surface area (Å²) >= 11 is 1.05. The van der Waals surface area contributed by atoms with Crippen LogP contribution in [-0.2, 0) is 9.53 Å². The molecule has 0 aliphatic carbocycles. The van der Waals surface area contributed by atoms with Crippen LogP contribution in [0.3, 0.4) is 0 Å². The molecule has 0 unspecified atom stereocenters. The molecular weight excluding hydrogens is 304 g/mol. The lowest BCUT2D eigenvalue weighted by molar-refractivity contribution is -0.119. The molecule has 0 saturated carbocycles. The molecule has 1 aromatic carbocycles. The summed E-state index contributed by atoms with van der Waals surface area (Å²) in [6.45, 7) is 3.57. The van der Waals surface area contributed by atoms with Gasteiger partial charge in [-0.2, -0.15) is 0 Å². The van der Waals surface area contributed by atoms with Crippen molar-refractivity contribution in [2.75, 3.05) is 24.4 Å². The number of benzene rings is 1. The van der Waals surface area contributed by atoms with Crippen molar-refractivity contribution in [2.45, 2.75) is 13.8 Å². The van der Waals surface area contributed by atoms with Crippen LogP contribution in [0.1, 0.15) is 20.9 Å². The number of anilines is 2. The Kier molecular flexibility index (Phi) is 5.18. The van der Waals surface area contributed by atoms with Crippen LogP contribution in [0.5, 0.6) is 0 Å². The quantitative estimate of drug-likeness (QED) is 0.879. The second kappa shape index (κ2) is 7.10. The molecule has 0 bridgehead atoms. The second-order valence-corrected chi connectivity index (χ2v) is 5.41. The summed E-state index contributed by atoms with van der Waals surface area (Å²) in [6.07, 6.45) is 0. The van der Waals surface area contributed by atoms with E-state index in [1.807, 2.05) is 6.92 Å². The minimum Gasteiger partial charge on any atom is -0.375 e. The number of hydrogen-bond acceptors (Lipinski definition) is 6. The molecule has 2 N–H and O–H groups in total. The van der Waals surface area contributed by atoms with Gasteiger partial charge in [0.1, 0.15) is 11.5 Å². The molecular formula is C14H16N4O3S. The van der Waals surface area contributed by atoms with Crippen LogP contribution in [0.15, 0.2) is 18.2 Å². The highest BCUT2D eigenvalue weighted by atomic mass is 32.1. The Hall–Kier alpha value is -2.32. The minimum atomic E-state index is -0.247. The number of ether oxygens (including phenoxy) is 1. The Balaban J connectivity index is 2.08. The first-order chi connectivity index (χ1) is 10.5. The molecule has 0 atom stereocenters. The number of nitrogens with zero attached hydrogens (tertiary/aromatic N) is 2. The number of carbonyl (C=O) groups is 2. The van der Waals surface area contributed by atoms with Crippen LogP contribution < -0.4 is 10.6 Å². The molecule has 1 heterocycles. The number of hydrogen-bond donors (Lipinski definition) is 2. The summed E-state index contributed by atoms with van der Waals surface area (Å²) in [5.41, 5.74) is 2.75. The first-order valence-corrected chi connectivity index (χ1v) is 7.28. The molecule has 0 radical (unpaired) electrons. The predicted octanol–water partition coefficient (Wildman–Crippen LogP) is 1.99. The maximum atomic E-state index is 12.1. The number of nitrogens with one attached hydrogen (secondary N) is 2. The third-order valence-corrected chi connectivity index (χ3v) is 3.72. The SMILES string of the molecule is COCC(=O)Nc1ccc(NC(=O)c2snnc2C)cc1C. The summed E-state index contributed by atoms with van der Waals surface area (Å²) in [5, 5.41) is 9.33. The van der Waals surface area contributed by atoms with Gasteiger partial charge in [-0.1, -0.05) is 4.49 Å². The molecule has 2 amide bonds. The maximum absolute atomic E-state index is 12.1. The van der Waals surface area contributed by atoms with E-state index < -0.39 is 0 Å². The van der Waals surface area contributed by atoms with Gasteiger partial charge in [0.2, 0.25) is 5.91 Å². The molecule has 22 heavy (non-hydrogen) atoms. The zero-order valence-electron chi connectivity index (χ0n) is 12.5. The van der Waals surface area contributed by atoms with Crippen LogP contribution in [0.2, 0.25) is 0 Å². The summed E-state index contributed by atoms with van der Waals surface area (Å²) in [6, 6.07) is 5.23. The van der Waals surface area contributed by atoms with Crippen molar-refractivity contribution in [1.29, 1.82) is 0 Å². The van der Waals surface area contributed by atoms with Gasteiger partial charge in [-0.05, 0) is 49.1 Å². The van der Waals surface area contributed by atoms with Crippen molar-refractivity contribution in [1.82, 2.24) is 9.59 Å². The van der Waals surface area contributed by atoms with Crippen molar-refractivity contribution < 1.29 is 14.3 Å². The van der Waals surface area contributed by atoms with Gasteiger partial charge in [-0.15, -0.1) is 5.10 Å². The molecule has 1 aromatic heterocycles. The lowest BCUT2D eigenvalue weighted by Gasteiger charge is -2.10. The first-order valence-electron chi connectivity index (χ1n) is 6.51. The van der Waals surface area contributed by atoms with Crippen molar-refractivity contribution in [3.8, 4) is 0 Å². The van der Waals surface area contributed by atoms with E-state index in [2.05, 4.69) is 20.2 Å². The van der Waals surface area contributed by atoms with Crippen LogP contribution in [-0.4, -0.2) is 35.1 Å². The average Bonchev–Trinajstić information content (AvgIpc) is 2.88. The highest BCUT2D eigenvalue weighted by Gasteiger charge is 2.13. The maximum Gasteiger partial charge on any atom is 0.269 e. The molecule has 0 saturated heterocycles. The fourth-order valence-corrected chi connectivity index (χ4v) is 2.38. The van der Waals surface area contributed by atoms with Crippen molar-refractivity contribution in [3.63, 3.8) is 0 Å². The van der Waals surface area contributed by atoms with Gasteiger partial charge < -0.3 is 15.4 Å². The van der Waals surface area contributed by atoms with E-state index in [1.165, 1.54) is 7.11 Å². The minimum absolute atomic E-state index is 0.00438. The van der Waals surface area contributed by atoms with Crippen molar-refractivity contribution in [2.24, 2.45) is 0 Å². The monoisotopic (exact) mass is 320 g/mol. The van der Waals surface area contributed by atoms with Gasteiger partial charge in [0.05, 0.1) is 5.69 Å². The van der Waals surface area contributed by atoms with E-state index in [4.69, 9.17) is 4.74 Å². The van der Waals surface area contributed by atoms with Gasteiger partial charge >= 0.3 is 0 Å². The first kappa shape index (κ1) is 16.1. The highest BCUT2D eigenvalue weighted by molar-refractivity contribution is 7.08. The fraction of sp³-hybridized carbons (Fsp3) is 0.286. The summed E-state index contributed by atoms with van der Waals surface area (Å²) < 4.78 is 8.50. The number of rotatable bonds is 5. The van der Waals surface area contributed by atoms with Gasteiger partial charge in [0.15, 0.2) is 0 Å². The van der Waals surface area contributed by atoms with E-state index in [-0.39, 0.29) is 18.4 Å². The van der Waals surface area contributed by atoms with E-state index in [0.29, 0.717) is 21.9 Å². The van der Waals surface area contributed by atoms with Gasteiger partial charge in [-0.25, -0.2) is 0 Å². The van der Waals surface area contributed by atoms with Gasteiger partial charge in [-0.3, -0.25) is 9.59 Å². The Morgan fingerprint density at radius 2 is 2.05 bits per heavy atom. The van der Waals surface area contributed by atoms with Crippen LogP contribution >= 0.6 is 11.5 Å².